The average Bonchev–Trinajstić information content (AvgIpc) is 3.14. The summed E-state index contributed by atoms with van der Waals surface area (Å²) in [6.07, 6.45) is 0.188. The van der Waals surface area contributed by atoms with Crippen LogP contribution in [-0.4, -0.2) is 23.5 Å². The Kier molecular flexibility index (Phi) is 7.69. The van der Waals surface area contributed by atoms with Crippen LogP contribution in [0.1, 0.15) is 28.5 Å². The van der Waals surface area contributed by atoms with Gasteiger partial charge in [0.25, 0.3) is 0 Å². The van der Waals surface area contributed by atoms with Crippen LogP contribution < -0.4 is 5.32 Å². The Morgan fingerprint density at radius 1 is 1.21 bits per heavy atom. The van der Waals surface area contributed by atoms with E-state index in [-0.39, 0.29) is 18.3 Å². The summed E-state index contributed by atoms with van der Waals surface area (Å²) >= 11 is 9.14. The number of aromatic nitrogens is 1. The van der Waals surface area contributed by atoms with Gasteiger partial charge in [0.2, 0.25) is 5.91 Å². The number of thioether (sulfide) groups is 1. The molecule has 1 aromatic heterocycles. The summed E-state index contributed by atoms with van der Waals surface area (Å²) in [5.74, 6) is 0.230. The molecule has 1 N–H and O–H groups in total. The predicted molar refractivity (Wildman–Crippen MR) is 118 cm³/mol. The van der Waals surface area contributed by atoms with Crippen molar-refractivity contribution in [3.8, 4) is 0 Å². The van der Waals surface area contributed by atoms with Crippen molar-refractivity contribution >= 4 is 52.3 Å². The van der Waals surface area contributed by atoms with E-state index in [1.807, 2.05) is 29.6 Å². The summed E-state index contributed by atoms with van der Waals surface area (Å²) in [5.41, 5.74) is 2.92. The number of halogens is 1. The van der Waals surface area contributed by atoms with E-state index in [2.05, 4.69) is 10.3 Å². The number of hydrogen-bond acceptors (Lipinski definition) is 6. The van der Waals surface area contributed by atoms with Crippen LogP contribution in [0.25, 0.3) is 0 Å². The first kappa shape index (κ1) is 21.4. The number of ether oxygens (including phenoxy) is 1. The predicted octanol–water partition coefficient (Wildman–Crippen LogP) is 5.45. The van der Waals surface area contributed by atoms with Crippen molar-refractivity contribution in [2.45, 2.75) is 23.4 Å². The van der Waals surface area contributed by atoms with Crippen molar-refractivity contribution in [1.82, 2.24) is 4.98 Å². The lowest BCUT2D eigenvalue weighted by molar-refractivity contribution is -0.115. The zero-order valence-electron chi connectivity index (χ0n) is 15.7. The first-order chi connectivity index (χ1) is 14.0. The monoisotopic (exact) mass is 446 g/mol. The Bertz CT molecular complexity index is 990. The molecule has 0 saturated carbocycles. The summed E-state index contributed by atoms with van der Waals surface area (Å²) in [7, 11) is 0. The second-order valence-electron chi connectivity index (χ2n) is 6.05. The first-order valence-corrected chi connectivity index (χ1v) is 11.2. The molecular weight excluding hydrogens is 428 g/mol. The standard InChI is InChI=1S/C21H19ClN2O3S2/c1-2-27-20(26)15-6-8-17(9-7-15)23-19(25)11-18-13-29-21(24-18)28-12-14-4-3-5-16(22)10-14/h3-10,13H,2,11-12H2,1H3,(H,23,25). The second kappa shape index (κ2) is 10.4. The van der Waals surface area contributed by atoms with Gasteiger partial charge >= 0.3 is 5.97 Å². The fourth-order valence-electron chi connectivity index (χ4n) is 2.48. The number of nitrogens with zero attached hydrogens (tertiary/aromatic N) is 1. The minimum atomic E-state index is -0.379. The molecule has 1 amide bonds. The zero-order chi connectivity index (χ0) is 20.6. The highest BCUT2D eigenvalue weighted by atomic mass is 35.5. The van der Waals surface area contributed by atoms with Crippen molar-refractivity contribution in [3.05, 3.63) is 75.8 Å². The van der Waals surface area contributed by atoms with E-state index >= 15 is 0 Å². The minimum Gasteiger partial charge on any atom is -0.462 e. The Balaban J connectivity index is 1.50. The number of benzene rings is 2. The topological polar surface area (TPSA) is 68.3 Å². The largest absolute Gasteiger partial charge is 0.462 e. The average molecular weight is 447 g/mol. The van der Waals surface area contributed by atoms with E-state index in [9.17, 15) is 9.59 Å². The van der Waals surface area contributed by atoms with Gasteiger partial charge in [0.05, 0.1) is 24.3 Å². The van der Waals surface area contributed by atoms with Gasteiger partial charge in [-0.05, 0) is 48.9 Å². The third kappa shape index (κ3) is 6.59. The molecule has 0 atom stereocenters. The Morgan fingerprint density at radius 3 is 2.72 bits per heavy atom. The van der Waals surface area contributed by atoms with Gasteiger partial charge in [0.1, 0.15) is 4.34 Å². The van der Waals surface area contributed by atoms with Crippen molar-refractivity contribution in [2.75, 3.05) is 11.9 Å². The van der Waals surface area contributed by atoms with Crippen LogP contribution in [0.15, 0.2) is 58.3 Å². The molecule has 0 saturated heterocycles. The first-order valence-electron chi connectivity index (χ1n) is 8.92. The van der Waals surface area contributed by atoms with Gasteiger partial charge in [-0.3, -0.25) is 4.79 Å². The van der Waals surface area contributed by atoms with E-state index in [1.54, 1.807) is 43.0 Å². The molecule has 0 aliphatic heterocycles. The third-order valence-corrected chi connectivity index (χ3v) is 6.18. The van der Waals surface area contributed by atoms with Gasteiger partial charge in [0, 0.05) is 21.8 Å². The van der Waals surface area contributed by atoms with Gasteiger partial charge in [-0.2, -0.15) is 0 Å². The molecule has 0 fully saturated rings. The number of carbonyl (C=O) groups excluding carboxylic acids is 2. The molecule has 3 aromatic rings. The fourth-order valence-corrected chi connectivity index (χ4v) is 4.48. The van der Waals surface area contributed by atoms with Gasteiger partial charge in [-0.1, -0.05) is 35.5 Å². The molecular formula is C21H19ClN2O3S2. The van der Waals surface area contributed by atoms with E-state index in [4.69, 9.17) is 16.3 Å². The smallest absolute Gasteiger partial charge is 0.338 e. The molecule has 0 spiro atoms. The lowest BCUT2D eigenvalue weighted by Gasteiger charge is -2.06. The molecule has 0 aliphatic rings. The van der Waals surface area contributed by atoms with Crippen LogP contribution >= 0.6 is 34.7 Å². The van der Waals surface area contributed by atoms with Gasteiger partial charge in [-0.25, -0.2) is 9.78 Å². The highest BCUT2D eigenvalue weighted by Gasteiger charge is 2.10. The molecule has 2 aromatic carbocycles. The normalized spacial score (nSPS) is 10.6. The lowest BCUT2D eigenvalue weighted by Crippen LogP contribution is -2.14. The quantitative estimate of drug-likeness (QED) is 0.368. The van der Waals surface area contributed by atoms with Gasteiger partial charge in [-0.15, -0.1) is 11.3 Å². The number of anilines is 1. The molecule has 150 valence electrons. The Labute approximate surface area is 182 Å². The highest BCUT2D eigenvalue weighted by molar-refractivity contribution is 8.00. The van der Waals surface area contributed by atoms with Crippen LogP contribution in [0.2, 0.25) is 5.02 Å². The van der Waals surface area contributed by atoms with E-state index in [0.29, 0.717) is 17.9 Å². The maximum Gasteiger partial charge on any atom is 0.338 e. The minimum absolute atomic E-state index is 0.162. The van der Waals surface area contributed by atoms with Crippen LogP contribution in [0, 0.1) is 0 Å². The SMILES string of the molecule is CCOC(=O)c1ccc(NC(=O)Cc2csc(SCc3cccc(Cl)c3)n2)cc1. The third-order valence-electron chi connectivity index (χ3n) is 3.80. The second-order valence-corrected chi connectivity index (χ2v) is 8.56. The van der Waals surface area contributed by atoms with E-state index < -0.39 is 0 Å². The highest BCUT2D eigenvalue weighted by Crippen LogP contribution is 2.27. The maximum atomic E-state index is 12.3. The number of nitrogens with one attached hydrogen (secondary N) is 1. The summed E-state index contributed by atoms with van der Waals surface area (Å²) in [4.78, 5) is 28.4. The number of carbonyl (C=O) groups is 2. The molecule has 0 aliphatic carbocycles. The molecule has 29 heavy (non-hydrogen) atoms. The van der Waals surface area contributed by atoms with Gasteiger partial charge < -0.3 is 10.1 Å². The van der Waals surface area contributed by atoms with Crippen LogP contribution in [0.4, 0.5) is 5.69 Å². The number of rotatable bonds is 8. The number of amides is 1. The molecule has 0 radical (unpaired) electrons. The zero-order valence-corrected chi connectivity index (χ0v) is 18.1. The van der Waals surface area contributed by atoms with Crippen LogP contribution in [-0.2, 0) is 21.7 Å². The van der Waals surface area contributed by atoms with Gasteiger partial charge in [0.15, 0.2) is 0 Å². The van der Waals surface area contributed by atoms with E-state index in [1.165, 1.54) is 11.3 Å². The number of hydrogen-bond donors (Lipinski definition) is 1. The molecule has 1 heterocycles. The summed E-state index contributed by atoms with van der Waals surface area (Å²) in [6, 6.07) is 14.3. The Hall–Kier alpha value is -2.35. The van der Waals surface area contributed by atoms with Crippen molar-refractivity contribution in [1.29, 1.82) is 0 Å². The number of esters is 1. The summed E-state index contributed by atoms with van der Waals surface area (Å²) < 4.78 is 5.85. The fraction of sp³-hybridized carbons (Fsp3) is 0.190. The van der Waals surface area contributed by atoms with E-state index in [0.717, 1.165) is 26.4 Å². The molecule has 5 nitrogen and oxygen atoms in total. The van der Waals surface area contributed by atoms with Crippen molar-refractivity contribution in [2.24, 2.45) is 0 Å². The number of thiazole rings is 1. The molecule has 3 rings (SSSR count). The molecule has 8 heteroatoms. The summed E-state index contributed by atoms with van der Waals surface area (Å²) in [6.45, 7) is 2.08. The maximum absolute atomic E-state index is 12.3. The van der Waals surface area contributed by atoms with Crippen LogP contribution in [0.5, 0.6) is 0 Å². The van der Waals surface area contributed by atoms with Crippen LogP contribution in [0.3, 0.4) is 0 Å². The Morgan fingerprint density at radius 2 is 2.00 bits per heavy atom. The summed E-state index contributed by atoms with van der Waals surface area (Å²) in [5, 5.41) is 5.42. The van der Waals surface area contributed by atoms with Crippen molar-refractivity contribution < 1.29 is 14.3 Å². The van der Waals surface area contributed by atoms with Crippen molar-refractivity contribution in [3.63, 3.8) is 0 Å². The molecule has 0 bridgehead atoms. The molecule has 0 unspecified atom stereocenters. The lowest BCUT2D eigenvalue weighted by atomic mass is 10.2.